The van der Waals surface area contributed by atoms with Crippen molar-refractivity contribution in [2.24, 2.45) is 5.73 Å². The Hall–Kier alpha value is -0.160. The molecule has 0 saturated heterocycles. The van der Waals surface area contributed by atoms with Crippen molar-refractivity contribution in [3.05, 3.63) is 0 Å². The van der Waals surface area contributed by atoms with Gasteiger partial charge < -0.3 is 19.9 Å². The second kappa shape index (κ2) is 11.9. The van der Waals surface area contributed by atoms with Gasteiger partial charge in [0.1, 0.15) is 0 Å². The predicted molar refractivity (Wildman–Crippen MR) is 61.0 cm³/mol. The molecule has 0 spiro atoms. The van der Waals surface area contributed by atoms with Crippen molar-refractivity contribution < 1.29 is 14.2 Å². The summed E-state index contributed by atoms with van der Waals surface area (Å²) >= 11 is 0. The molecule has 92 valence electrons. The maximum atomic E-state index is 5.39. The molecule has 4 nitrogen and oxygen atoms in total. The van der Waals surface area contributed by atoms with E-state index >= 15 is 0 Å². The van der Waals surface area contributed by atoms with Crippen LogP contribution in [-0.4, -0.2) is 45.7 Å². The van der Waals surface area contributed by atoms with Crippen LogP contribution in [-0.2, 0) is 14.2 Å². The first-order valence-corrected chi connectivity index (χ1v) is 5.78. The number of hydrogen-bond acceptors (Lipinski definition) is 4. The molecule has 0 aromatic carbocycles. The van der Waals surface area contributed by atoms with Crippen LogP contribution in [0.25, 0.3) is 0 Å². The molecule has 0 radical (unpaired) electrons. The van der Waals surface area contributed by atoms with Crippen LogP contribution in [0.2, 0.25) is 0 Å². The first kappa shape index (κ1) is 14.8. The van der Waals surface area contributed by atoms with Crippen molar-refractivity contribution in [3.63, 3.8) is 0 Å². The first-order valence-electron chi connectivity index (χ1n) is 5.78. The third-order valence-corrected chi connectivity index (χ3v) is 1.98. The largest absolute Gasteiger partial charge is 0.379 e. The lowest BCUT2D eigenvalue weighted by atomic mass is 10.3. The predicted octanol–water partition coefficient (Wildman–Crippen LogP) is 1.18. The second-order valence-corrected chi connectivity index (χ2v) is 3.42. The molecule has 2 N–H and O–H groups in total. The van der Waals surface area contributed by atoms with Crippen molar-refractivity contribution in [1.82, 2.24) is 0 Å². The summed E-state index contributed by atoms with van der Waals surface area (Å²) in [6.45, 7) is 8.30. The Labute approximate surface area is 93.1 Å². The Morgan fingerprint density at radius 3 is 2.33 bits per heavy atom. The zero-order valence-electron chi connectivity index (χ0n) is 10.0. The van der Waals surface area contributed by atoms with Crippen LogP contribution in [0.5, 0.6) is 0 Å². The van der Waals surface area contributed by atoms with E-state index in [9.17, 15) is 0 Å². The topological polar surface area (TPSA) is 53.7 Å². The van der Waals surface area contributed by atoms with Gasteiger partial charge in [0.2, 0.25) is 0 Å². The van der Waals surface area contributed by atoms with Crippen molar-refractivity contribution in [3.8, 4) is 0 Å². The lowest BCUT2D eigenvalue weighted by Crippen LogP contribution is -2.13. The molecule has 1 atom stereocenters. The minimum atomic E-state index is 0.285. The van der Waals surface area contributed by atoms with Crippen molar-refractivity contribution in [2.75, 3.05) is 39.6 Å². The average Bonchev–Trinajstić information content (AvgIpc) is 2.22. The fourth-order valence-corrected chi connectivity index (χ4v) is 1.12. The number of nitrogens with two attached hydrogens (primary N) is 1. The lowest BCUT2D eigenvalue weighted by molar-refractivity contribution is 0.0160. The molecule has 0 heterocycles. The van der Waals surface area contributed by atoms with E-state index in [-0.39, 0.29) is 6.10 Å². The van der Waals surface area contributed by atoms with Crippen LogP contribution in [0.4, 0.5) is 0 Å². The van der Waals surface area contributed by atoms with E-state index in [1.807, 2.05) is 6.92 Å². The molecule has 4 heteroatoms. The summed E-state index contributed by atoms with van der Waals surface area (Å²) in [6, 6.07) is 0. The highest BCUT2D eigenvalue weighted by Gasteiger charge is 1.99. The smallest absolute Gasteiger partial charge is 0.0700 e. The van der Waals surface area contributed by atoms with Crippen LogP contribution in [0, 0.1) is 0 Å². The Bertz CT molecular complexity index is 122. The van der Waals surface area contributed by atoms with Gasteiger partial charge in [0.25, 0.3) is 0 Å². The number of hydrogen-bond donors (Lipinski definition) is 1. The molecule has 0 aliphatic rings. The monoisotopic (exact) mass is 219 g/mol. The molecular weight excluding hydrogens is 194 g/mol. The molecule has 0 fully saturated rings. The highest BCUT2D eigenvalue weighted by molar-refractivity contribution is 4.48. The molecule has 0 aliphatic carbocycles. The third kappa shape index (κ3) is 11.8. The van der Waals surface area contributed by atoms with Crippen molar-refractivity contribution in [1.29, 1.82) is 0 Å². The summed E-state index contributed by atoms with van der Waals surface area (Å²) in [7, 11) is 0. The molecule has 0 bridgehead atoms. The Morgan fingerprint density at radius 2 is 1.73 bits per heavy atom. The zero-order valence-corrected chi connectivity index (χ0v) is 10.0. The minimum absolute atomic E-state index is 0.285. The number of ether oxygens (including phenoxy) is 3. The molecule has 0 rings (SSSR count). The summed E-state index contributed by atoms with van der Waals surface area (Å²) in [4.78, 5) is 0. The molecule has 0 aromatic heterocycles. The molecule has 0 amide bonds. The summed E-state index contributed by atoms with van der Waals surface area (Å²) < 4.78 is 16.1. The van der Waals surface area contributed by atoms with Crippen LogP contribution in [0.1, 0.15) is 26.7 Å². The Balaban J connectivity index is 2.98. The van der Waals surface area contributed by atoms with Crippen LogP contribution < -0.4 is 5.73 Å². The van der Waals surface area contributed by atoms with E-state index in [2.05, 4.69) is 6.92 Å². The van der Waals surface area contributed by atoms with E-state index in [4.69, 9.17) is 19.9 Å². The third-order valence-electron chi connectivity index (χ3n) is 1.98. The van der Waals surface area contributed by atoms with E-state index < -0.39 is 0 Å². The number of rotatable bonds is 11. The van der Waals surface area contributed by atoms with Gasteiger partial charge in [-0.25, -0.2) is 0 Å². The van der Waals surface area contributed by atoms with Crippen LogP contribution in [0.3, 0.4) is 0 Å². The summed E-state index contributed by atoms with van der Waals surface area (Å²) in [5, 5.41) is 0. The lowest BCUT2D eigenvalue weighted by Gasteiger charge is -2.11. The van der Waals surface area contributed by atoms with E-state index in [1.165, 1.54) is 0 Å². The highest BCUT2D eigenvalue weighted by atomic mass is 16.5. The summed E-state index contributed by atoms with van der Waals surface area (Å²) in [5.74, 6) is 0. The van der Waals surface area contributed by atoms with E-state index in [1.54, 1.807) is 0 Å². The summed E-state index contributed by atoms with van der Waals surface area (Å²) in [6.07, 6.45) is 2.14. The van der Waals surface area contributed by atoms with Crippen LogP contribution in [0.15, 0.2) is 0 Å². The van der Waals surface area contributed by atoms with Gasteiger partial charge in [-0.1, -0.05) is 0 Å². The molecule has 15 heavy (non-hydrogen) atoms. The minimum Gasteiger partial charge on any atom is -0.379 e. The Kier molecular flexibility index (Phi) is 11.8. The van der Waals surface area contributed by atoms with E-state index in [0.717, 1.165) is 32.7 Å². The average molecular weight is 219 g/mol. The fourth-order valence-electron chi connectivity index (χ4n) is 1.12. The van der Waals surface area contributed by atoms with Gasteiger partial charge in [-0.15, -0.1) is 0 Å². The summed E-state index contributed by atoms with van der Waals surface area (Å²) in [5.41, 5.74) is 5.33. The Morgan fingerprint density at radius 1 is 1.07 bits per heavy atom. The molecule has 0 aliphatic heterocycles. The maximum Gasteiger partial charge on any atom is 0.0700 e. The van der Waals surface area contributed by atoms with Gasteiger partial charge in [-0.2, -0.15) is 0 Å². The standard InChI is InChI=1S/C11H25NO3/c1-3-15-11(2)5-8-14-10-9-13-7-4-6-12/h11H,3-10,12H2,1-2H3. The van der Waals surface area contributed by atoms with E-state index in [0.29, 0.717) is 19.8 Å². The quantitative estimate of drug-likeness (QED) is 0.530. The highest BCUT2D eigenvalue weighted by Crippen LogP contribution is 1.97. The molecule has 0 saturated carbocycles. The van der Waals surface area contributed by atoms with Gasteiger partial charge in [0, 0.05) is 19.8 Å². The molecule has 0 aromatic rings. The zero-order chi connectivity index (χ0) is 11.4. The van der Waals surface area contributed by atoms with Crippen molar-refractivity contribution in [2.45, 2.75) is 32.8 Å². The van der Waals surface area contributed by atoms with Gasteiger partial charge >= 0.3 is 0 Å². The van der Waals surface area contributed by atoms with Gasteiger partial charge in [0.05, 0.1) is 19.3 Å². The van der Waals surface area contributed by atoms with Gasteiger partial charge in [0.15, 0.2) is 0 Å². The maximum absolute atomic E-state index is 5.39. The van der Waals surface area contributed by atoms with Crippen molar-refractivity contribution >= 4 is 0 Å². The second-order valence-electron chi connectivity index (χ2n) is 3.42. The first-order chi connectivity index (χ1) is 7.31. The van der Waals surface area contributed by atoms with Crippen LogP contribution >= 0.6 is 0 Å². The fraction of sp³-hybridized carbons (Fsp3) is 1.00. The normalized spacial score (nSPS) is 13.0. The molecular formula is C11H25NO3. The molecule has 1 unspecified atom stereocenters. The SMILES string of the molecule is CCOC(C)CCOCCOCCCN. The van der Waals surface area contributed by atoms with Gasteiger partial charge in [-0.3, -0.25) is 0 Å². The van der Waals surface area contributed by atoms with Gasteiger partial charge in [-0.05, 0) is 33.2 Å².